The molecule has 0 unspecified atom stereocenters. The Morgan fingerprint density at radius 2 is 1.79 bits per heavy atom. The van der Waals surface area contributed by atoms with Crippen LogP contribution in [0.4, 0.5) is 23.4 Å². The summed E-state index contributed by atoms with van der Waals surface area (Å²) < 4.78 is 54.9. The zero-order valence-electron chi connectivity index (χ0n) is 14.5. The molecule has 0 atom stereocenters. The lowest BCUT2D eigenvalue weighted by molar-refractivity contribution is -0.137. The number of carbonyl (C=O) groups excluding carboxylic acids is 1. The highest BCUT2D eigenvalue weighted by Gasteiger charge is 2.34. The van der Waals surface area contributed by atoms with Gasteiger partial charge >= 0.3 is 6.18 Å². The van der Waals surface area contributed by atoms with Gasteiger partial charge in [0, 0.05) is 24.0 Å². The van der Waals surface area contributed by atoms with Gasteiger partial charge in [0.15, 0.2) is 17.2 Å². The summed E-state index contributed by atoms with van der Waals surface area (Å²) in [6, 6.07) is 10.2. The number of amides is 1. The first kappa shape index (κ1) is 18.5. The molecule has 10 heteroatoms. The summed E-state index contributed by atoms with van der Waals surface area (Å²) in [5, 5.41) is 6.60. The number of rotatable bonds is 3. The normalized spacial score (nSPS) is 11.6. The highest BCUT2D eigenvalue weighted by molar-refractivity contribution is 6.02. The third-order valence-corrected chi connectivity index (χ3v) is 4.08. The molecule has 0 bridgehead atoms. The summed E-state index contributed by atoms with van der Waals surface area (Å²) in [6.07, 6.45) is -1.95. The van der Waals surface area contributed by atoms with Gasteiger partial charge in [0.25, 0.3) is 5.91 Å². The van der Waals surface area contributed by atoms with Crippen LogP contribution < -0.4 is 5.32 Å². The number of pyridine rings is 1. The van der Waals surface area contributed by atoms with Crippen molar-refractivity contribution in [1.82, 2.24) is 19.6 Å². The maximum absolute atomic E-state index is 13.8. The number of halogens is 4. The predicted molar refractivity (Wildman–Crippen MR) is 95.6 cm³/mol. The molecule has 1 N–H and O–H groups in total. The summed E-state index contributed by atoms with van der Waals surface area (Å²) in [6.45, 7) is 0. The Bertz CT molecular complexity index is 1220. The number of nitrogens with zero attached hydrogens (tertiary/aromatic N) is 4. The molecule has 0 aliphatic rings. The predicted octanol–water partition coefficient (Wildman–Crippen LogP) is 4.20. The Morgan fingerprint density at radius 3 is 2.55 bits per heavy atom. The number of hydrogen-bond donors (Lipinski definition) is 1. The lowest BCUT2D eigenvalue weighted by atomic mass is 10.0. The molecule has 3 heterocycles. The van der Waals surface area contributed by atoms with Crippen LogP contribution >= 0.6 is 0 Å². The van der Waals surface area contributed by atoms with Crippen LogP contribution in [0, 0.1) is 5.82 Å². The average molecular weight is 401 g/mol. The van der Waals surface area contributed by atoms with Crippen LogP contribution in [0.5, 0.6) is 0 Å². The summed E-state index contributed by atoms with van der Waals surface area (Å²) in [7, 11) is 0. The summed E-state index contributed by atoms with van der Waals surface area (Å²) in [4.78, 5) is 20.1. The van der Waals surface area contributed by atoms with Crippen LogP contribution in [0.1, 0.15) is 16.1 Å². The van der Waals surface area contributed by atoms with Crippen molar-refractivity contribution in [2.75, 3.05) is 5.32 Å². The van der Waals surface area contributed by atoms with Crippen LogP contribution in [-0.2, 0) is 6.18 Å². The Hall–Kier alpha value is -3.82. The van der Waals surface area contributed by atoms with E-state index in [0.29, 0.717) is 0 Å². The number of benzene rings is 1. The van der Waals surface area contributed by atoms with E-state index in [9.17, 15) is 22.4 Å². The van der Waals surface area contributed by atoms with Gasteiger partial charge in [-0.15, -0.1) is 0 Å². The van der Waals surface area contributed by atoms with Gasteiger partial charge in [-0.05, 0) is 24.3 Å². The lowest BCUT2D eigenvalue weighted by Crippen LogP contribution is -2.17. The van der Waals surface area contributed by atoms with Crippen LogP contribution in [-0.4, -0.2) is 25.5 Å². The first-order valence-electron chi connectivity index (χ1n) is 8.28. The number of anilines is 1. The number of aromatic nitrogens is 4. The number of fused-ring (bicyclic) bond motifs is 1. The Morgan fingerprint density at radius 1 is 1.00 bits per heavy atom. The van der Waals surface area contributed by atoms with Crippen molar-refractivity contribution in [3.8, 4) is 11.3 Å². The van der Waals surface area contributed by atoms with E-state index in [1.54, 1.807) is 0 Å². The molecular formula is C19H11F4N5O. The highest BCUT2D eigenvalue weighted by atomic mass is 19.4. The zero-order chi connectivity index (χ0) is 20.6. The molecule has 0 spiro atoms. The quantitative estimate of drug-likeness (QED) is 0.523. The second kappa shape index (κ2) is 6.97. The Labute approximate surface area is 160 Å². The fourth-order valence-electron chi connectivity index (χ4n) is 2.80. The van der Waals surface area contributed by atoms with E-state index in [2.05, 4.69) is 20.4 Å². The molecule has 0 saturated carbocycles. The van der Waals surface area contributed by atoms with E-state index in [1.807, 2.05) is 0 Å². The van der Waals surface area contributed by atoms with Gasteiger partial charge in [0.2, 0.25) is 0 Å². The Balaban J connectivity index is 1.76. The first-order valence-corrected chi connectivity index (χ1v) is 8.28. The maximum Gasteiger partial charge on any atom is 0.417 e. The smallest absolute Gasteiger partial charge is 0.305 e. The van der Waals surface area contributed by atoms with Gasteiger partial charge in [0.05, 0.1) is 11.3 Å². The van der Waals surface area contributed by atoms with Crippen LogP contribution in [0.3, 0.4) is 0 Å². The van der Waals surface area contributed by atoms with Crippen molar-refractivity contribution in [3.05, 3.63) is 78.0 Å². The Kier molecular flexibility index (Phi) is 4.45. The van der Waals surface area contributed by atoms with E-state index < -0.39 is 29.2 Å². The fourth-order valence-corrected chi connectivity index (χ4v) is 2.80. The van der Waals surface area contributed by atoms with Crippen molar-refractivity contribution < 1.29 is 22.4 Å². The molecular weight excluding hydrogens is 390 g/mol. The molecule has 6 nitrogen and oxygen atoms in total. The van der Waals surface area contributed by atoms with Crippen LogP contribution in [0.15, 0.2) is 60.9 Å². The van der Waals surface area contributed by atoms with Crippen molar-refractivity contribution >= 4 is 17.4 Å². The maximum atomic E-state index is 13.8. The van der Waals surface area contributed by atoms with Gasteiger partial charge in [-0.3, -0.25) is 4.79 Å². The van der Waals surface area contributed by atoms with Crippen molar-refractivity contribution in [2.45, 2.75) is 6.18 Å². The largest absolute Gasteiger partial charge is 0.417 e. The monoisotopic (exact) mass is 401 g/mol. The van der Waals surface area contributed by atoms with Gasteiger partial charge < -0.3 is 5.32 Å². The van der Waals surface area contributed by atoms with E-state index in [0.717, 1.165) is 12.1 Å². The van der Waals surface area contributed by atoms with Crippen molar-refractivity contribution in [3.63, 3.8) is 0 Å². The number of carbonyl (C=O) groups is 1. The van der Waals surface area contributed by atoms with E-state index in [1.165, 1.54) is 53.3 Å². The minimum absolute atomic E-state index is 0.0242. The molecule has 0 aliphatic heterocycles. The zero-order valence-corrected chi connectivity index (χ0v) is 14.5. The average Bonchev–Trinajstić information content (AvgIpc) is 3.13. The summed E-state index contributed by atoms with van der Waals surface area (Å²) in [5.41, 5.74) is -1.16. The number of alkyl halides is 3. The number of hydrogen-bond acceptors (Lipinski definition) is 4. The molecule has 3 aromatic heterocycles. The van der Waals surface area contributed by atoms with E-state index in [4.69, 9.17) is 0 Å². The van der Waals surface area contributed by atoms with Crippen LogP contribution in [0.25, 0.3) is 16.9 Å². The molecule has 1 amide bonds. The van der Waals surface area contributed by atoms with E-state index in [-0.39, 0.29) is 22.7 Å². The third kappa shape index (κ3) is 3.51. The lowest BCUT2D eigenvalue weighted by Gasteiger charge is -2.10. The van der Waals surface area contributed by atoms with Gasteiger partial charge in [-0.25, -0.2) is 14.4 Å². The molecule has 0 radical (unpaired) electrons. The van der Waals surface area contributed by atoms with Gasteiger partial charge in [0.1, 0.15) is 5.82 Å². The third-order valence-electron chi connectivity index (χ3n) is 4.08. The van der Waals surface area contributed by atoms with E-state index >= 15 is 0 Å². The second-order valence-corrected chi connectivity index (χ2v) is 5.96. The molecule has 0 saturated heterocycles. The molecule has 4 aromatic rings. The highest BCUT2D eigenvalue weighted by Crippen LogP contribution is 2.36. The molecule has 0 fully saturated rings. The molecule has 146 valence electrons. The van der Waals surface area contributed by atoms with Crippen LogP contribution in [0.2, 0.25) is 0 Å². The van der Waals surface area contributed by atoms with Crippen molar-refractivity contribution in [2.24, 2.45) is 0 Å². The SMILES string of the molecule is O=C(Nc1ccnc2cc(-c3ccccc3C(F)(F)F)nn12)c1ncccc1F. The second-order valence-electron chi connectivity index (χ2n) is 5.96. The number of nitrogens with one attached hydrogen (secondary N) is 1. The van der Waals surface area contributed by atoms with Gasteiger partial charge in [-0.2, -0.15) is 22.8 Å². The molecule has 1 aromatic carbocycles. The van der Waals surface area contributed by atoms with Gasteiger partial charge in [-0.1, -0.05) is 18.2 Å². The molecule has 4 rings (SSSR count). The molecule has 0 aliphatic carbocycles. The topological polar surface area (TPSA) is 72.2 Å². The fraction of sp³-hybridized carbons (Fsp3) is 0.0526. The summed E-state index contributed by atoms with van der Waals surface area (Å²) >= 11 is 0. The minimum atomic E-state index is -4.56. The van der Waals surface area contributed by atoms with Crippen molar-refractivity contribution in [1.29, 1.82) is 0 Å². The molecule has 29 heavy (non-hydrogen) atoms. The first-order chi connectivity index (χ1) is 13.8. The minimum Gasteiger partial charge on any atom is -0.305 e. The standard InChI is InChI=1S/C19H11F4N5O/c20-13-6-3-8-25-17(13)18(29)26-15-7-9-24-16-10-14(27-28(15)16)11-4-1-2-5-12(11)19(21,22)23/h1-10H,(H,26,29). The summed E-state index contributed by atoms with van der Waals surface area (Å²) in [5.74, 6) is -1.54.